The molecule has 0 atom stereocenters. The molecular formula is C19H16F2N2OS. The average molecular weight is 358 g/mol. The molecule has 0 bridgehead atoms. The predicted octanol–water partition coefficient (Wildman–Crippen LogP) is 4.41. The van der Waals surface area contributed by atoms with E-state index in [2.05, 4.69) is 4.98 Å². The number of hydrogen-bond donors (Lipinski definition) is 0. The zero-order valence-electron chi connectivity index (χ0n) is 13.5. The molecule has 128 valence electrons. The summed E-state index contributed by atoms with van der Waals surface area (Å²) in [6.45, 7) is 1.67. The van der Waals surface area contributed by atoms with Gasteiger partial charge < -0.3 is 4.90 Å². The monoisotopic (exact) mass is 358 g/mol. The van der Waals surface area contributed by atoms with E-state index in [4.69, 9.17) is 0 Å². The Bertz CT molecular complexity index is 948. The van der Waals surface area contributed by atoms with Crippen molar-refractivity contribution in [2.45, 2.75) is 19.3 Å². The fourth-order valence-electron chi connectivity index (χ4n) is 3.12. The van der Waals surface area contributed by atoms with Crippen LogP contribution in [0.1, 0.15) is 18.4 Å². The first-order chi connectivity index (χ1) is 12.1. The molecule has 1 aliphatic rings. The number of likely N-dealkylation sites (tertiary alicyclic amines) is 1. The van der Waals surface area contributed by atoms with Gasteiger partial charge in [-0.3, -0.25) is 4.79 Å². The second-order valence-corrected chi connectivity index (χ2v) is 7.22. The molecule has 3 nitrogen and oxygen atoms in total. The van der Waals surface area contributed by atoms with Crippen LogP contribution in [0, 0.1) is 11.6 Å². The van der Waals surface area contributed by atoms with E-state index in [1.54, 1.807) is 0 Å². The van der Waals surface area contributed by atoms with Gasteiger partial charge in [-0.05, 0) is 42.7 Å². The zero-order valence-corrected chi connectivity index (χ0v) is 14.3. The van der Waals surface area contributed by atoms with Crippen LogP contribution in [-0.2, 0) is 11.2 Å². The standard InChI is InChI=1S/C19H16F2N2OS/c20-14-5-3-4-13(18(14)21)19-22-15-10-12(6-7-16(15)25-19)11-17(24)23-8-1-2-9-23/h3-7,10H,1-2,8-9,11H2. The SMILES string of the molecule is O=C(Cc1ccc2sc(-c3cccc(F)c3F)nc2c1)N1CCCC1. The molecule has 1 amide bonds. The Morgan fingerprint density at radius 1 is 1.16 bits per heavy atom. The highest BCUT2D eigenvalue weighted by Crippen LogP contribution is 2.32. The molecule has 0 aliphatic carbocycles. The van der Waals surface area contributed by atoms with Crippen molar-refractivity contribution in [3.05, 3.63) is 53.6 Å². The predicted molar refractivity (Wildman–Crippen MR) is 94.5 cm³/mol. The molecule has 3 aromatic rings. The van der Waals surface area contributed by atoms with Crippen molar-refractivity contribution in [3.63, 3.8) is 0 Å². The van der Waals surface area contributed by atoms with Crippen LogP contribution in [0.25, 0.3) is 20.8 Å². The van der Waals surface area contributed by atoms with E-state index in [-0.39, 0.29) is 11.5 Å². The largest absolute Gasteiger partial charge is 0.342 e. The minimum Gasteiger partial charge on any atom is -0.342 e. The summed E-state index contributed by atoms with van der Waals surface area (Å²) in [5.41, 5.74) is 1.76. The summed E-state index contributed by atoms with van der Waals surface area (Å²) in [6, 6.07) is 9.74. The van der Waals surface area contributed by atoms with E-state index in [9.17, 15) is 13.6 Å². The van der Waals surface area contributed by atoms with E-state index in [0.717, 1.165) is 42.3 Å². The average Bonchev–Trinajstić information content (AvgIpc) is 3.26. The van der Waals surface area contributed by atoms with E-state index < -0.39 is 11.6 Å². The van der Waals surface area contributed by atoms with Crippen LogP contribution in [0.15, 0.2) is 36.4 Å². The van der Waals surface area contributed by atoms with E-state index in [0.29, 0.717) is 16.9 Å². The number of thiazole rings is 1. The van der Waals surface area contributed by atoms with Crippen molar-refractivity contribution in [2.24, 2.45) is 0 Å². The molecule has 2 heterocycles. The number of rotatable bonds is 3. The second kappa shape index (κ2) is 6.52. The lowest BCUT2D eigenvalue weighted by molar-refractivity contribution is -0.129. The maximum atomic E-state index is 14.0. The Morgan fingerprint density at radius 2 is 1.96 bits per heavy atom. The minimum absolute atomic E-state index is 0.128. The quantitative estimate of drug-likeness (QED) is 0.695. The molecule has 1 fully saturated rings. The maximum Gasteiger partial charge on any atom is 0.226 e. The molecular weight excluding hydrogens is 342 g/mol. The van der Waals surface area contributed by atoms with Gasteiger partial charge in [-0.1, -0.05) is 12.1 Å². The lowest BCUT2D eigenvalue weighted by atomic mass is 10.1. The third-order valence-corrected chi connectivity index (χ3v) is 5.52. The molecule has 4 rings (SSSR count). The number of hydrogen-bond acceptors (Lipinski definition) is 3. The second-order valence-electron chi connectivity index (χ2n) is 6.19. The molecule has 1 aromatic heterocycles. The van der Waals surface area contributed by atoms with E-state index in [1.807, 2.05) is 23.1 Å². The van der Waals surface area contributed by atoms with Crippen LogP contribution < -0.4 is 0 Å². The Morgan fingerprint density at radius 3 is 2.76 bits per heavy atom. The number of nitrogens with zero attached hydrogens (tertiary/aromatic N) is 2. The molecule has 0 unspecified atom stereocenters. The van der Waals surface area contributed by atoms with Gasteiger partial charge in [-0.15, -0.1) is 11.3 Å². The highest BCUT2D eigenvalue weighted by molar-refractivity contribution is 7.21. The fourth-order valence-corrected chi connectivity index (χ4v) is 4.09. The Balaban J connectivity index is 1.63. The van der Waals surface area contributed by atoms with Gasteiger partial charge in [0.05, 0.1) is 16.6 Å². The van der Waals surface area contributed by atoms with Crippen LogP contribution in [0.5, 0.6) is 0 Å². The Hall–Kier alpha value is -2.34. The van der Waals surface area contributed by atoms with Gasteiger partial charge in [0.15, 0.2) is 11.6 Å². The van der Waals surface area contributed by atoms with Crippen LogP contribution >= 0.6 is 11.3 Å². The van der Waals surface area contributed by atoms with Crippen molar-refractivity contribution in [2.75, 3.05) is 13.1 Å². The molecule has 0 N–H and O–H groups in total. The highest BCUT2D eigenvalue weighted by Gasteiger charge is 2.19. The van der Waals surface area contributed by atoms with E-state index >= 15 is 0 Å². The number of fused-ring (bicyclic) bond motifs is 1. The van der Waals surface area contributed by atoms with Gasteiger partial charge >= 0.3 is 0 Å². The Labute approximate surface area is 147 Å². The summed E-state index contributed by atoms with van der Waals surface area (Å²) in [6.07, 6.45) is 2.48. The molecule has 2 aromatic carbocycles. The van der Waals surface area contributed by atoms with Gasteiger partial charge in [0.1, 0.15) is 5.01 Å². The topological polar surface area (TPSA) is 33.2 Å². The van der Waals surface area contributed by atoms with Crippen molar-refractivity contribution >= 4 is 27.5 Å². The van der Waals surface area contributed by atoms with Gasteiger partial charge in [-0.2, -0.15) is 0 Å². The van der Waals surface area contributed by atoms with Gasteiger partial charge in [0.2, 0.25) is 5.91 Å². The molecule has 1 saturated heterocycles. The smallest absolute Gasteiger partial charge is 0.226 e. The van der Waals surface area contributed by atoms with Crippen LogP contribution in [-0.4, -0.2) is 28.9 Å². The van der Waals surface area contributed by atoms with Crippen molar-refractivity contribution < 1.29 is 13.6 Å². The number of carbonyl (C=O) groups is 1. The summed E-state index contributed by atoms with van der Waals surface area (Å²) >= 11 is 1.31. The van der Waals surface area contributed by atoms with Crippen molar-refractivity contribution in [1.29, 1.82) is 0 Å². The van der Waals surface area contributed by atoms with Gasteiger partial charge in [0, 0.05) is 18.7 Å². The Kier molecular flexibility index (Phi) is 4.21. The lowest BCUT2D eigenvalue weighted by Gasteiger charge is -2.14. The van der Waals surface area contributed by atoms with Gasteiger partial charge in [0.25, 0.3) is 0 Å². The van der Waals surface area contributed by atoms with E-state index in [1.165, 1.54) is 23.5 Å². The van der Waals surface area contributed by atoms with Crippen LogP contribution in [0.4, 0.5) is 8.78 Å². The normalized spacial score (nSPS) is 14.4. The van der Waals surface area contributed by atoms with Crippen LogP contribution in [0.2, 0.25) is 0 Å². The minimum atomic E-state index is -0.883. The summed E-state index contributed by atoms with van der Waals surface area (Å²) in [7, 11) is 0. The first-order valence-corrected chi connectivity index (χ1v) is 9.05. The molecule has 6 heteroatoms. The summed E-state index contributed by atoms with van der Waals surface area (Å²) in [5, 5.41) is 0.440. The third kappa shape index (κ3) is 3.14. The van der Waals surface area contributed by atoms with Crippen molar-refractivity contribution in [1.82, 2.24) is 9.88 Å². The zero-order chi connectivity index (χ0) is 17.4. The first kappa shape index (κ1) is 16.1. The third-order valence-electron chi connectivity index (χ3n) is 4.45. The number of amides is 1. The maximum absolute atomic E-state index is 14.0. The summed E-state index contributed by atoms with van der Waals surface area (Å²) < 4.78 is 28.3. The van der Waals surface area contributed by atoms with Crippen molar-refractivity contribution in [3.8, 4) is 10.6 Å². The summed E-state index contributed by atoms with van der Waals surface area (Å²) in [5.74, 6) is -1.64. The number of aromatic nitrogens is 1. The molecule has 0 spiro atoms. The molecule has 25 heavy (non-hydrogen) atoms. The summed E-state index contributed by atoms with van der Waals surface area (Å²) in [4.78, 5) is 18.6. The number of carbonyl (C=O) groups excluding carboxylic acids is 1. The van der Waals surface area contributed by atoms with Crippen LogP contribution in [0.3, 0.4) is 0 Å². The molecule has 0 radical (unpaired) electrons. The first-order valence-electron chi connectivity index (χ1n) is 8.23. The molecule has 1 aliphatic heterocycles. The highest BCUT2D eigenvalue weighted by atomic mass is 32.1. The molecule has 0 saturated carbocycles. The van der Waals surface area contributed by atoms with Gasteiger partial charge in [-0.25, -0.2) is 13.8 Å². The number of benzene rings is 2. The lowest BCUT2D eigenvalue weighted by Crippen LogP contribution is -2.29. The fraction of sp³-hybridized carbons (Fsp3) is 0.263. The number of halogens is 2.